The van der Waals surface area contributed by atoms with Gasteiger partial charge in [0.05, 0.1) is 18.2 Å². The molecule has 3 saturated heterocycles. The third-order valence-electron chi connectivity index (χ3n) is 7.40. The number of likely N-dealkylation sites (tertiary alicyclic amines) is 1. The first-order valence-electron chi connectivity index (χ1n) is 11.9. The molecule has 35 heavy (non-hydrogen) atoms. The molecule has 0 aromatic heterocycles. The Balaban J connectivity index is 1.39. The van der Waals surface area contributed by atoms with Crippen LogP contribution in [0.25, 0.3) is 0 Å². The van der Waals surface area contributed by atoms with E-state index in [4.69, 9.17) is 4.74 Å². The average Bonchev–Trinajstić information content (AvgIpc) is 3.47. The number of imide groups is 1. The fourth-order valence-corrected chi connectivity index (χ4v) is 5.51. The molecule has 0 unspecified atom stereocenters. The first-order chi connectivity index (χ1) is 16.9. The molecule has 184 valence electrons. The predicted molar refractivity (Wildman–Crippen MR) is 122 cm³/mol. The minimum atomic E-state index is -1.20. The number of urea groups is 1. The molecular weight excluding hydrogens is 456 g/mol. The number of nitrogens with zero attached hydrogens (tertiary/aromatic N) is 2. The van der Waals surface area contributed by atoms with Gasteiger partial charge in [0.15, 0.2) is 0 Å². The highest BCUT2D eigenvalue weighted by molar-refractivity contribution is 6.08. The Bertz CT molecular complexity index is 1130. The van der Waals surface area contributed by atoms with Crippen molar-refractivity contribution < 1.29 is 27.9 Å². The van der Waals surface area contributed by atoms with Crippen LogP contribution in [0.2, 0.25) is 0 Å². The molecule has 5 rings (SSSR count). The predicted octanol–water partition coefficient (Wildman–Crippen LogP) is 3.14. The zero-order valence-electron chi connectivity index (χ0n) is 19.2. The van der Waals surface area contributed by atoms with Crippen LogP contribution in [0.4, 0.5) is 13.6 Å². The van der Waals surface area contributed by atoms with Crippen molar-refractivity contribution in [2.75, 3.05) is 26.3 Å². The SMILES string of the molecule is O=C(c1ccccc1F)N1CCC([C@]2(Cc3ccc(F)cc3)NC(=O)N([C@H]3CCOC3)C2=O)CC1. The van der Waals surface area contributed by atoms with E-state index < -0.39 is 17.4 Å². The molecule has 1 N–H and O–H groups in total. The molecule has 0 bridgehead atoms. The van der Waals surface area contributed by atoms with Gasteiger partial charge in [-0.15, -0.1) is 0 Å². The van der Waals surface area contributed by atoms with Crippen LogP contribution in [-0.4, -0.2) is 65.5 Å². The van der Waals surface area contributed by atoms with E-state index in [2.05, 4.69) is 5.32 Å². The van der Waals surface area contributed by atoms with Gasteiger partial charge in [-0.2, -0.15) is 0 Å². The molecule has 2 aromatic rings. The van der Waals surface area contributed by atoms with E-state index in [0.717, 1.165) is 5.56 Å². The van der Waals surface area contributed by atoms with Gasteiger partial charge in [-0.25, -0.2) is 13.6 Å². The Morgan fingerprint density at radius 3 is 2.40 bits per heavy atom. The number of hydrogen-bond acceptors (Lipinski definition) is 4. The lowest BCUT2D eigenvalue weighted by Crippen LogP contribution is -2.58. The summed E-state index contributed by atoms with van der Waals surface area (Å²) >= 11 is 0. The summed E-state index contributed by atoms with van der Waals surface area (Å²) in [6, 6.07) is 11.0. The van der Waals surface area contributed by atoms with E-state index in [1.165, 1.54) is 35.2 Å². The van der Waals surface area contributed by atoms with E-state index in [0.29, 0.717) is 45.6 Å². The first kappa shape index (κ1) is 23.4. The molecule has 2 atom stereocenters. The van der Waals surface area contributed by atoms with Crippen LogP contribution < -0.4 is 5.32 Å². The summed E-state index contributed by atoms with van der Waals surface area (Å²) in [6.07, 6.45) is 1.72. The Morgan fingerprint density at radius 2 is 1.74 bits per heavy atom. The fourth-order valence-electron chi connectivity index (χ4n) is 5.51. The van der Waals surface area contributed by atoms with Crippen LogP contribution in [0.1, 0.15) is 35.2 Å². The van der Waals surface area contributed by atoms with Gasteiger partial charge in [0.2, 0.25) is 0 Å². The number of ether oxygens (including phenoxy) is 1. The number of piperidine rings is 1. The Hall–Kier alpha value is -3.33. The number of amides is 4. The summed E-state index contributed by atoms with van der Waals surface area (Å²) in [7, 11) is 0. The van der Waals surface area contributed by atoms with Crippen LogP contribution in [0.3, 0.4) is 0 Å². The first-order valence-corrected chi connectivity index (χ1v) is 11.9. The van der Waals surface area contributed by atoms with Crippen molar-refractivity contribution in [3.8, 4) is 0 Å². The number of carbonyl (C=O) groups is 3. The molecular formula is C26H27F2N3O4. The second-order valence-corrected chi connectivity index (χ2v) is 9.44. The number of hydrogen-bond donors (Lipinski definition) is 1. The van der Waals surface area contributed by atoms with Gasteiger partial charge in [-0.3, -0.25) is 14.5 Å². The van der Waals surface area contributed by atoms with Gasteiger partial charge in [0.1, 0.15) is 17.2 Å². The minimum Gasteiger partial charge on any atom is -0.379 e. The molecule has 0 spiro atoms. The van der Waals surface area contributed by atoms with Crippen molar-refractivity contribution in [3.63, 3.8) is 0 Å². The normalized spacial score (nSPS) is 25.3. The van der Waals surface area contributed by atoms with Crippen LogP contribution in [0.15, 0.2) is 48.5 Å². The summed E-state index contributed by atoms with van der Waals surface area (Å²) in [5, 5.41) is 2.99. The molecule has 3 fully saturated rings. The van der Waals surface area contributed by atoms with Crippen molar-refractivity contribution in [1.82, 2.24) is 15.1 Å². The molecule has 2 aromatic carbocycles. The smallest absolute Gasteiger partial charge is 0.325 e. The van der Waals surface area contributed by atoms with Gasteiger partial charge in [-0.1, -0.05) is 24.3 Å². The molecule has 3 aliphatic heterocycles. The van der Waals surface area contributed by atoms with Crippen LogP contribution in [0, 0.1) is 17.6 Å². The highest BCUT2D eigenvalue weighted by Gasteiger charge is 2.57. The van der Waals surface area contributed by atoms with Crippen LogP contribution in [0.5, 0.6) is 0 Å². The van der Waals surface area contributed by atoms with E-state index in [9.17, 15) is 23.2 Å². The zero-order chi connectivity index (χ0) is 24.6. The molecule has 7 nitrogen and oxygen atoms in total. The maximum atomic E-state index is 14.2. The van der Waals surface area contributed by atoms with Gasteiger partial charge in [-0.05, 0) is 55.0 Å². The summed E-state index contributed by atoms with van der Waals surface area (Å²) in [4.78, 5) is 42.7. The molecule has 4 amide bonds. The Labute approximate surface area is 202 Å². The molecule has 3 heterocycles. The van der Waals surface area contributed by atoms with Gasteiger partial charge < -0.3 is 15.0 Å². The lowest BCUT2D eigenvalue weighted by molar-refractivity contribution is -0.135. The average molecular weight is 484 g/mol. The molecule has 0 aliphatic carbocycles. The third-order valence-corrected chi connectivity index (χ3v) is 7.40. The summed E-state index contributed by atoms with van der Waals surface area (Å²) in [5.41, 5.74) is -0.455. The van der Waals surface area contributed by atoms with E-state index in [1.54, 1.807) is 23.1 Å². The summed E-state index contributed by atoms with van der Waals surface area (Å²) in [5.74, 6) is -1.89. The third kappa shape index (κ3) is 4.29. The molecule has 3 aliphatic rings. The largest absolute Gasteiger partial charge is 0.379 e. The fraction of sp³-hybridized carbons (Fsp3) is 0.423. The molecule has 0 radical (unpaired) electrons. The highest BCUT2D eigenvalue weighted by Crippen LogP contribution is 2.38. The maximum Gasteiger partial charge on any atom is 0.325 e. The van der Waals surface area contributed by atoms with Crippen molar-refractivity contribution >= 4 is 17.8 Å². The van der Waals surface area contributed by atoms with Crippen molar-refractivity contribution in [2.45, 2.75) is 37.3 Å². The summed E-state index contributed by atoms with van der Waals surface area (Å²) < 4.78 is 33.1. The van der Waals surface area contributed by atoms with Gasteiger partial charge in [0, 0.05) is 26.1 Å². The lowest BCUT2D eigenvalue weighted by atomic mass is 9.73. The van der Waals surface area contributed by atoms with Crippen LogP contribution >= 0.6 is 0 Å². The van der Waals surface area contributed by atoms with E-state index in [-0.39, 0.29) is 41.6 Å². The van der Waals surface area contributed by atoms with Crippen molar-refractivity contribution in [3.05, 3.63) is 71.3 Å². The quantitative estimate of drug-likeness (QED) is 0.663. The highest BCUT2D eigenvalue weighted by atomic mass is 19.1. The van der Waals surface area contributed by atoms with Gasteiger partial charge in [0.25, 0.3) is 11.8 Å². The number of rotatable bonds is 5. The summed E-state index contributed by atoms with van der Waals surface area (Å²) in [6.45, 7) is 1.46. The molecule has 9 heteroatoms. The van der Waals surface area contributed by atoms with Gasteiger partial charge >= 0.3 is 6.03 Å². The number of benzene rings is 2. The second kappa shape index (κ2) is 9.37. The molecule has 0 saturated carbocycles. The Morgan fingerprint density at radius 1 is 1.03 bits per heavy atom. The second-order valence-electron chi connectivity index (χ2n) is 9.44. The van der Waals surface area contributed by atoms with Crippen LogP contribution in [-0.2, 0) is 16.0 Å². The number of carbonyl (C=O) groups excluding carboxylic acids is 3. The number of nitrogens with one attached hydrogen (secondary N) is 1. The Kier molecular flexibility index (Phi) is 6.27. The van der Waals surface area contributed by atoms with Crippen molar-refractivity contribution in [2.24, 2.45) is 5.92 Å². The monoisotopic (exact) mass is 483 g/mol. The zero-order valence-corrected chi connectivity index (χ0v) is 19.2. The van der Waals surface area contributed by atoms with Crippen molar-refractivity contribution in [1.29, 1.82) is 0 Å². The standard InChI is InChI=1S/C26H27F2N3O4/c27-19-7-5-17(6-8-19)15-26(24(33)31(25(34)29-26)20-11-14-35-16-20)18-9-12-30(13-10-18)23(32)21-3-1-2-4-22(21)28/h1-8,18,20H,9-16H2,(H,29,34)/t20-,26-/m0/s1. The number of halogens is 2. The maximum absolute atomic E-state index is 14.2. The van der Waals surface area contributed by atoms with E-state index >= 15 is 0 Å². The lowest BCUT2D eigenvalue weighted by Gasteiger charge is -2.41. The minimum absolute atomic E-state index is 0.0182. The van der Waals surface area contributed by atoms with E-state index in [1.807, 2.05) is 0 Å². The topological polar surface area (TPSA) is 79.0 Å².